The summed E-state index contributed by atoms with van der Waals surface area (Å²) in [7, 11) is -3.42. The molecular weight excluding hydrogens is 299 g/mol. The van der Waals surface area contributed by atoms with Crippen molar-refractivity contribution in [2.24, 2.45) is 0 Å². The third-order valence-electron chi connectivity index (χ3n) is 2.45. The van der Waals surface area contributed by atoms with Crippen LogP contribution in [0, 0.1) is 0 Å². The van der Waals surface area contributed by atoms with Crippen LogP contribution in [0.1, 0.15) is 6.92 Å². The van der Waals surface area contributed by atoms with E-state index in [-0.39, 0.29) is 6.61 Å². The van der Waals surface area contributed by atoms with Crippen LogP contribution in [-0.4, -0.2) is 70.3 Å². The van der Waals surface area contributed by atoms with Crippen LogP contribution in [-0.2, 0) is 28.4 Å². The van der Waals surface area contributed by atoms with E-state index >= 15 is 0 Å². The van der Waals surface area contributed by atoms with Crippen molar-refractivity contribution in [3.8, 4) is 0 Å². The zero-order valence-electron chi connectivity index (χ0n) is 11.1. The molecule has 0 aliphatic carbocycles. The maximum atomic E-state index is 11.8. The van der Waals surface area contributed by atoms with Gasteiger partial charge >= 0.3 is 25.3 Å². The Balaban J connectivity index is 6.02. The second-order valence-corrected chi connectivity index (χ2v) is 5.38. The van der Waals surface area contributed by atoms with Crippen molar-refractivity contribution in [2.75, 3.05) is 27.0 Å². The minimum absolute atomic E-state index is 0.259. The van der Waals surface area contributed by atoms with Crippen molar-refractivity contribution < 1.29 is 48.4 Å². The number of esters is 1. The van der Waals surface area contributed by atoms with Crippen molar-refractivity contribution in [3.63, 3.8) is 0 Å². The summed E-state index contributed by atoms with van der Waals surface area (Å²) in [5.74, 6) is -6.57. The van der Waals surface area contributed by atoms with Crippen LogP contribution in [0.2, 0.25) is 0 Å². The third-order valence-corrected chi connectivity index (χ3v) is 3.32. The van der Waals surface area contributed by atoms with Crippen LogP contribution in [0.25, 0.3) is 0 Å². The SMILES string of the molecule is CCOC(=O)C(O)(CP(=O)(O)O)C(OC)(OC)C(=O)O. The molecule has 0 aromatic carbocycles. The fourth-order valence-corrected chi connectivity index (χ4v) is 2.56. The molecule has 0 aromatic rings. The van der Waals surface area contributed by atoms with E-state index < -0.39 is 37.1 Å². The second kappa shape index (κ2) is 6.61. The van der Waals surface area contributed by atoms with E-state index in [1.807, 2.05) is 0 Å². The molecule has 0 bridgehead atoms. The minimum Gasteiger partial charge on any atom is -0.477 e. The lowest BCUT2D eigenvalue weighted by Gasteiger charge is -2.39. The molecule has 0 aliphatic heterocycles. The number of methoxy groups -OCH3 is 2. The quantitative estimate of drug-likeness (QED) is 0.236. The molecule has 4 N–H and O–H groups in total. The van der Waals surface area contributed by atoms with E-state index in [4.69, 9.17) is 14.9 Å². The van der Waals surface area contributed by atoms with Crippen LogP contribution < -0.4 is 0 Å². The largest absolute Gasteiger partial charge is 0.477 e. The van der Waals surface area contributed by atoms with Gasteiger partial charge in [0.2, 0.25) is 5.60 Å². The number of rotatable bonds is 8. The van der Waals surface area contributed by atoms with Gasteiger partial charge in [-0.2, -0.15) is 0 Å². The normalized spacial score (nSPS) is 15.5. The summed E-state index contributed by atoms with van der Waals surface area (Å²) >= 11 is 0. The summed E-state index contributed by atoms with van der Waals surface area (Å²) in [5, 5.41) is 19.3. The van der Waals surface area contributed by atoms with Crippen LogP contribution in [0.3, 0.4) is 0 Å². The molecular formula is C9H17O10P. The van der Waals surface area contributed by atoms with E-state index in [9.17, 15) is 19.3 Å². The highest BCUT2D eigenvalue weighted by atomic mass is 31.2. The van der Waals surface area contributed by atoms with E-state index in [2.05, 4.69) is 14.2 Å². The van der Waals surface area contributed by atoms with Crippen molar-refractivity contribution >= 4 is 19.5 Å². The van der Waals surface area contributed by atoms with Gasteiger partial charge in [0.15, 0.2) is 0 Å². The van der Waals surface area contributed by atoms with Gasteiger partial charge in [0.25, 0.3) is 0 Å². The first-order valence-corrected chi connectivity index (χ1v) is 7.08. The molecule has 0 fully saturated rings. The van der Waals surface area contributed by atoms with E-state index in [1.165, 1.54) is 6.92 Å². The molecule has 118 valence electrons. The van der Waals surface area contributed by atoms with Crippen molar-refractivity contribution in [1.29, 1.82) is 0 Å². The summed E-state index contributed by atoms with van der Waals surface area (Å²) < 4.78 is 24.6. The summed E-state index contributed by atoms with van der Waals surface area (Å²) in [5.41, 5.74) is -3.24. The summed E-state index contributed by atoms with van der Waals surface area (Å²) in [6.45, 7) is 1.10. The van der Waals surface area contributed by atoms with Gasteiger partial charge < -0.3 is 34.2 Å². The van der Waals surface area contributed by atoms with Crippen LogP contribution in [0.15, 0.2) is 0 Å². The minimum atomic E-state index is -5.00. The molecule has 0 saturated heterocycles. The lowest BCUT2D eigenvalue weighted by atomic mass is 9.94. The zero-order chi connectivity index (χ0) is 16.2. The average molecular weight is 316 g/mol. The maximum Gasteiger partial charge on any atom is 0.368 e. The molecule has 10 nitrogen and oxygen atoms in total. The topological polar surface area (TPSA) is 160 Å². The van der Waals surface area contributed by atoms with Gasteiger partial charge in [-0.1, -0.05) is 0 Å². The molecule has 0 amide bonds. The summed E-state index contributed by atoms with van der Waals surface area (Å²) in [6.07, 6.45) is -1.55. The highest BCUT2D eigenvalue weighted by Gasteiger charge is 2.66. The Kier molecular flexibility index (Phi) is 6.27. The smallest absolute Gasteiger partial charge is 0.368 e. The molecule has 0 rings (SSSR count). The van der Waals surface area contributed by atoms with Crippen LogP contribution in [0.5, 0.6) is 0 Å². The number of hydrogen-bond acceptors (Lipinski definition) is 7. The predicted molar refractivity (Wildman–Crippen MR) is 62.9 cm³/mol. The molecule has 1 atom stereocenters. The third kappa shape index (κ3) is 3.54. The predicted octanol–water partition coefficient (Wildman–Crippen LogP) is -1.47. The Labute approximate surface area is 114 Å². The monoisotopic (exact) mass is 316 g/mol. The number of ether oxygens (including phenoxy) is 3. The molecule has 0 aliphatic rings. The van der Waals surface area contributed by atoms with Gasteiger partial charge in [-0.15, -0.1) is 0 Å². The first-order chi connectivity index (χ1) is 9.00. The van der Waals surface area contributed by atoms with Crippen LogP contribution in [0.4, 0.5) is 0 Å². The highest BCUT2D eigenvalue weighted by molar-refractivity contribution is 7.51. The number of carboxylic acids is 1. The molecule has 0 aromatic heterocycles. The van der Waals surface area contributed by atoms with Crippen molar-refractivity contribution in [1.82, 2.24) is 0 Å². The fraction of sp³-hybridized carbons (Fsp3) is 0.778. The van der Waals surface area contributed by atoms with Gasteiger partial charge in [0.1, 0.15) is 0 Å². The van der Waals surface area contributed by atoms with Gasteiger partial charge in [-0.25, -0.2) is 9.59 Å². The first kappa shape index (κ1) is 19.0. The lowest BCUT2D eigenvalue weighted by Crippen LogP contribution is -2.68. The lowest BCUT2D eigenvalue weighted by molar-refractivity contribution is -0.287. The van der Waals surface area contributed by atoms with Crippen molar-refractivity contribution in [3.05, 3.63) is 0 Å². The average Bonchev–Trinajstić information content (AvgIpc) is 2.28. The molecule has 0 spiro atoms. The first-order valence-electron chi connectivity index (χ1n) is 5.28. The fourth-order valence-electron chi connectivity index (χ4n) is 1.62. The molecule has 0 saturated carbocycles. The molecule has 11 heteroatoms. The Bertz CT molecular complexity index is 411. The Morgan fingerprint density at radius 1 is 1.20 bits per heavy atom. The standard InChI is InChI=1S/C9H17O10P/c1-4-19-7(12)8(13,5-20(14,15)16)9(17-2,18-3)6(10)11/h13H,4-5H2,1-3H3,(H,10,11)(H2,14,15,16). The number of hydrogen-bond donors (Lipinski definition) is 4. The van der Waals surface area contributed by atoms with Gasteiger partial charge in [0, 0.05) is 14.2 Å². The van der Waals surface area contributed by atoms with Gasteiger partial charge in [-0.3, -0.25) is 4.57 Å². The Hall–Kier alpha value is -1.03. The van der Waals surface area contributed by atoms with Crippen LogP contribution >= 0.6 is 7.60 Å². The summed E-state index contributed by atoms with van der Waals surface area (Å²) in [4.78, 5) is 40.9. The highest BCUT2D eigenvalue weighted by Crippen LogP contribution is 2.44. The second-order valence-electron chi connectivity index (χ2n) is 3.73. The number of carbonyl (C=O) groups is 2. The maximum absolute atomic E-state index is 11.8. The Morgan fingerprint density at radius 2 is 1.65 bits per heavy atom. The van der Waals surface area contributed by atoms with E-state index in [0.717, 1.165) is 14.2 Å². The molecule has 0 heterocycles. The van der Waals surface area contributed by atoms with Gasteiger partial charge in [-0.05, 0) is 6.92 Å². The van der Waals surface area contributed by atoms with E-state index in [1.54, 1.807) is 0 Å². The molecule has 1 unspecified atom stereocenters. The zero-order valence-corrected chi connectivity index (χ0v) is 12.0. The molecule has 20 heavy (non-hydrogen) atoms. The number of aliphatic hydroxyl groups is 1. The summed E-state index contributed by atoms with van der Waals surface area (Å²) in [6, 6.07) is 0. The number of aliphatic carboxylic acids is 1. The van der Waals surface area contributed by atoms with Gasteiger partial charge in [0.05, 0.1) is 12.8 Å². The number of carbonyl (C=O) groups excluding carboxylic acids is 1. The van der Waals surface area contributed by atoms with E-state index in [0.29, 0.717) is 0 Å². The number of carboxylic acid groups (broad SMARTS) is 1. The van der Waals surface area contributed by atoms with Crippen molar-refractivity contribution in [2.45, 2.75) is 18.3 Å². The molecule has 0 radical (unpaired) electrons. The Morgan fingerprint density at radius 3 is 1.90 bits per heavy atom.